The van der Waals surface area contributed by atoms with Crippen LogP contribution in [0.25, 0.3) is 0 Å². The summed E-state index contributed by atoms with van der Waals surface area (Å²) >= 11 is 3.35. The van der Waals surface area contributed by atoms with Gasteiger partial charge >= 0.3 is 0 Å². The molecular formula is C13H18BrNO2S. The molecule has 1 atom stereocenters. The van der Waals surface area contributed by atoms with E-state index in [1.54, 1.807) is 4.31 Å². The Morgan fingerprint density at radius 3 is 2.61 bits per heavy atom. The fraction of sp³-hybridized carbons (Fsp3) is 0.538. The number of hydrogen-bond acceptors (Lipinski definition) is 2. The Labute approximate surface area is 117 Å². The molecule has 1 aliphatic rings. The molecule has 1 aliphatic heterocycles. The highest BCUT2D eigenvalue weighted by molar-refractivity contribution is 9.10. The van der Waals surface area contributed by atoms with Crippen LogP contribution in [0.4, 0.5) is 0 Å². The normalized spacial score (nSPS) is 22.0. The summed E-state index contributed by atoms with van der Waals surface area (Å²) in [5.41, 5.74) is 0.844. The maximum Gasteiger partial charge on any atom is 0.218 e. The maximum atomic E-state index is 12.3. The van der Waals surface area contributed by atoms with Crippen molar-refractivity contribution in [3.63, 3.8) is 0 Å². The Morgan fingerprint density at radius 1 is 1.33 bits per heavy atom. The van der Waals surface area contributed by atoms with Gasteiger partial charge in [-0.15, -0.1) is 0 Å². The third-order valence-electron chi connectivity index (χ3n) is 3.28. The van der Waals surface area contributed by atoms with Crippen molar-refractivity contribution in [1.29, 1.82) is 0 Å². The van der Waals surface area contributed by atoms with Crippen molar-refractivity contribution in [1.82, 2.24) is 4.31 Å². The molecule has 5 heteroatoms. The second kappa shape index (κ2) is 5.72. The van der Waals surface area contributed by atoms with Crippen LogP contribution in [0.3, 0.4) is 0 Å². The number of nitrogens with zero attached hydrogens (tertiary/aromatic N) is 1. The molecule has 0 N–H and O–H groups in total. The predicted molar refractivity (Wildman–Crippen MR) is 76.7 cm³/mol. The molecule has 0 radical (unpaired) electrons. The topological polar surface area (TPSA) is 37.4 Å². The summed E-state index contributed by atoms with van der Waals surface area (Å²) in [6, 6.07) is 7.47. The molecule has 0 aromatic heterocycles. The van der Waals surface area contributed by atoms with Crippen LogP contribution in [-0.4, -0.2) is 25.8 Å². The van der Waals surface area contributed by atoms with Crippen molar-refractivity contribution >= 4 is 26.0 Å². The van der Waals surface area contributed by atoms with Crippen LogP contribution in [0.5, 0.6) is 0 Å². The molecule has 1 saturated heterocycles. The molecule has 0 spiro atoms. The zero-order valence-electron chi connectivity index (χ0n) is 10.5. The van der Waals surface area contributed by atoms with Gasteiger partial charge < -0.3 is 0 Å². The number of piperidine rings is 1. The van der Waals surface area contributed by atoms with Crippen LogP contribution in [0.15, 0.2) is 28.7 Å². The summed E-state index contributed by atoms with van der Waals surface area (Å²) in [6.07, 6.45) is 2.10. The van der Waals surface area contributed by atoms with Crippen molar-refractivity contribution in [2.45, 2.75) is 25.5 Å². The van der Waals surface area contributed by atoms with E-state index in [0.29, 0.717) is 19.0 Å². The first-order valence-electron chi connectivity index (χ1n) is 6.19. The Hall–Kier alpha value is -0.390. The largest absolute Gasteiger partial charge is 0.218 e. The Bertz CT molecular complexity index is 498. The van der Waals surface area contributed by atoms with Crippen molar-refractivity contribution in [3.05, 3.63) is 34.3 Å². The highest BCUT2D eigenvalue weighted by Gasteiger charge is 2.26. The molecule has 1 aromatic carbocycles. The molecule has 2 rings (SSSR count). The maximum absolute atomic E-state index is 12.3. The van der Waals surface area contributed by atoms with Crippen molar-refractivity contribution in [3.8, 4) is 0 Å². The van der Waals surface area contributed by atoms with Crippen LogP contribution >= 0.6 is 15.9 Å². The van der Waals surface area contributed by atoms with E-state index in [4.69, 9.17) is 0 Å². The third-order valence-corrected chi connectivity index (χ3v) is 5.62. The first-order chi connectivity index (χ1) is 8.47. The number of hydrogen-bond donors (Lipinski definition) is 0. The van der Waals surface area contributed by atoms with Crippen LogP contribution in [0.1, 0.15) is 25.3 Å². The van der Waals surface area contributed by atoms with Gasteiger partial charge in [-0.05, 0) is 36.5 Å². The van der Waals surface area contributed by atoms with Gasteiger partial charge in [-0.1, -0.05) is 35.0 Å². The van der Waals surface area contributed by atoms with Gasteiger partial charge in [0.25, 0.3) is 0 Å². The zero-order valence-corrected chi connectivity index (χ0v) is 12.9. The van der Waals surface area contributed by atoms with Gasteiger partial charge in [0.05, 0.1) is 5.75 Å². The number of sulfonamides is 1. The Balaban J connectivity index is 2.09. The SMILES string of the molecule is CC1CCCN(S(=O)(=O)Cc2ccc(Br)cc2)C1. The molecule has 3 nitrogen and oxygen atoms in total. The Kier molecular flexibility index (Phi) is 4.45. The van der Waals surface area contributed by atoms with Gasteiger partial charge in [-0.25, -0.2) is 12.7 Å². The highest BCUT2D eigenvalue weighted by atomic mass is 79.9. The van der Waals surface area contributed by atoms with Gasteiger partial charge in [0.2, 0.25) is 10.0 Å². The summed E-state index contributed by atoms with van der Waals surface area (Å²) in [7, 11) is -3.16. The molecule has 1 fully saturated rings. The number of benzene rings is 1. The molecule has 0 bridgehead atoms. The lowest BCUT2D eigenvalue weighted by atomic mass is 10.0. The van der Waals surface area contributed by atoms with E-state index in [0.717, 1.165) is 22.9 Å². The molecule has 0 amide bonds. The van der Waals surface area contributed by atoms with Crippen LogP contribution in [0, 0.1) is 5.92 Å². The first kappa shape index (κ1) is 14.0. The van der Waals surface area contributed by atoms with E-state index in [1.807, 2.05) is 24.3 Å². The van der Waals surface area contributed by atoms with Gasteiger partial charge in [0, 0.05) is 17.6 Å². The van der Waals surface area contributed by atoms with E-state index >= 15 is 0 Å². The minimum absolute atomic E-state index is 0.104. The van der Waals surface area contributed by atoms with Gasteiger partial charge in [0.15, 0.2) is 0 Å². The molecule has 18 heavy (non-hydrogen) atoms. The highest BCUT2D eigenvalue weighted by Crippen LogP contribution is 2.21. The second-order valence-corrected chi connectivity index (χ2v) is 7.87. The van der Waals surface area contributed by atoms with E-state index in [1.165, 1.54) is 0 Å². The standard InChI is InChI=1S/C13H18BrNO2S/c1-11-3-2-8-15(9-11)18(16,17)10-12-4-6-13(14)7-5-12/h4-7,11H,2-3,8-10H2,1H3. The average molecular weight is 332 g/mol. The summed E-state index contributed by atoms with van der Waals surface area (Å²) in [4.78, 5) is 0. The van der Waals surface area contributed by atoms with E-state index in [2.05, 4.69) is 22.9 Å². The van der Waals surface area contributed by atoms with Crippen molar-refractivity contribution in [2.24, 2.45) is 5.92 Å². The van der Waals surface area contributed by atoms with Crippen molar-refractivity contribution < 1.29 is 8.42 Å². The molecule has 100 valence electrons. The lowest BCUT2D eigenvalue weighted by Gasteiger charge is -2.30. The third kappa shape index (κ3) is 3.56. The molecule has 0 saturated carbocycles. The fourth-order valence-electron chi connectivity index (χ4n) is 2.28. The van der Waals surface area contributed by atoms with E-state index < -0.39 is 10.0 Å². The zero-order chi connectivity index (χ0) is 13.2. The van der Waals surface area contributed by atoms with Gasteiger partial charge in [-0.2, -0.15) is 0 Å². The van der Waals surface area contributed by atoms with Crippen LogP contribution in [-0.2, 0) is 15.8 Å². The molecule has 0 aliphatic carbocycles. The minimum atomic E-state index is -3.16. The summed E-state index contributed by atoms with van der Waals surface area (Å²) < 4.78 is 27.2. The quantitative estimate of drug-likeness (QED) is 0.853. The predicted octanol–water partition coefficient (Wildman–Crippen LogP) is 3.01. The average Bonchev–Trinajstić information content (AvgIpc) is 2.32. The summed E-state index contributed by atoms with van der Waals surface area (Å²) in [5.74, 6) is 0.575. The van der Waals surface area contributed by atoms with Crippen molar-refractivity contribution in [2.75, 3.05) is 13.1 Å². The molecule has 1 unspecified atom stereocenters. The summed E-state index contributed by atoms with van der Waals surface area (Å²) in [5, 5.41) is 0. The Morgan fingerprint density at radius 2 is 2.00 bits per heavy atom. The van der Waals surface area contributed by atoms with Gasteiger partial charge in [-0.3, -0.25) is 0 Å². The smallest absolute Gasteiger partial charge is 0.212 e. The van der Waals surface area contributed by atoms with E-state index in [9.17, 15) is 8.42 Å². The van der Waals surface area contributed by atoms with Gasteiger partial charge in [0.1, 0.15) is 0 Å². The fourth-order valence-corrected chi connectivity index (χ4v) is 4.23. The first-order valence-corrected chi connectivity index (χ1v) is 8.60. The molecule has 1 heterocycles. The minimum Gasteiger partial charge on any atom is -0.212 e. The molecular weight excluding hydrogens is 314 g/mol. The van der Waals surface area contributed by atoms with Crippen LogP contribution in [0.2, 0.25) is 0 Å². The lowest BCUT2D eigenvalue weighted by Crippen LogP contribution is -2.39. The van der Waals surface area contributed by atoms with Crippen LogP contribution < -0.4 is 0 Å². The molecule has 1 aromatic rings. The number of halogens is 1. The van der Waals surface area contributed by atoms with E-state index in [-0.39, 0.29) is 5.75 Å². The monoisotopic (exact) mass is 331 g/mol. The number of rotatable bonds is 3. The lowest BCUT2D eigenvalue weighted by molar-refractivity contribution is 0.281. The second-order valence-electron chi connectivity index (χ2n) is 4.99. The summed E-state index contributed by atoms with van der Waals surface area (Å²) in [6.45, 7) is 3.45.